The molecule has 0 spiro atoms. The van der Waals surface area contributed by atoms with E-state index in [0.717, 1.165) is 12.8 Å². The number of carboxylic acids is 1. The van der Waals surface area contributed by atoms with Gasteiger partial charge in [0.15, 0.2) is 0 Å². The number of hydrogen-bond acceptors (Lipinski definition) is 1. The maximum absolute atomic E-state index is 10.4. The Hall–Kier alpha value is 0.236. The van der Waals surface area contributed by atoms with E-state index in [1.54, 1.807) is 0 Å². The van der Waals surface area contributed by atoms with Gasteiger partial charge in [-0.15, -0.1) is 0 Å². The summed E-state index contributed by atoms with van der Waals surface area (Å²) in [5.74, 6) is -0.650. The molecule has 0 amide bonds. The molecule has 0 aromatic heterocycles. The van der Waals surface area contributed by atoms with E-state index in [4.69, 9.17) is 5.11 Å². The third-order valence-electron chi connectivity index (χ3n) is 5.49. The van der Waals surface area contributed by atoms with E-state index in [1.807, 2.05) is 0 Å². The standard InChI is InChI=1S/C24H48O2.Mg.2H/c1-2-3-4-5-6-7-8-9-10-11-12-13-14-15-16-17-18-19-20-21-22-23-24(25)26;;;/h2-23H2,1H3,(H,25,26);;;/q;+2;2*-1. The predicted molar refractivity (Wildman–Crippen MR) is 123 cm³/mol. The third-order valence-corrected chi connectivity index (χ3v) is 5.49. The summed E-state index contributed by atoms with van der Waals surface area (Å²) in [5, 5.41) is 8.57. The van der Waals surface area contributed by atoms with Crippen LogP contribution in [0.2, 0.25) is 0 Å². The van der Waals surface area contributed by atoms with Gasteiger partial charge in [-0.1, -0.05) is 135 Å². The zero-order valence-corrected chi connectivity index (χ0v) is 20.0. The molecule has 2 nitrogen and oxygen atoms in total. The molecule has 160 valence electrons. The molecule has 0 atom stereocenters. The molecule has 0 rings (SSSR count). The summed E-state index contributed by atoms with van der Waals surface area (Å²) in [6.45, 7) is 2.29. The largest absolute Gasteiger partial charge is 2.00 e. The Labute approximate surface area is 189 Å². The van der Waals surface area contributed by atoms with Crippen molar-refractivity contribution in [2.24, 2.45) is 0 Å². The average molecular weight is 395 g/mol. The normalized spacial score (nSPS) is 10.7. The third kappa shape index (κ3) is 28.5. The minimum absolute atomic E-state index is 0. The molecule has 0 aliphatic heterocycles. The monoisotopic (exact) mass is 394 g/mol. The van der Waals surface area contributed by atoms with E-state index in [0.29, 0.717) is 6.42 Å². The van der Waals surface area contributed by atoms with Gasteiger partial charge in [0.1, 0.15) is 0 Å². The number of unbranched alkanes of at least 4 members (excludes halogenated alkanes) is 20. The zero-order valence-electron chi connectivity index (χ0n) is 20.6. The van der Waals surface area contributed by atoms with Crippen LogP contribution < -0.4 is 0 Å². The number of hydrogen-bond donors (Lipinski definition) is 1. The van der Waals surface area contributed by atoms with E-state index >= 15 is 0 Å². The topological polar surface area (TPSA) is 37.3 Å². The van der Waals surface area contributed by atoms with Crippen LogP contribution in [-0.2, 0) is 4.79 Å². The van der Waals surface area contributed by atoms with Gasteiger partial charge in [-0.05, 0) is 6.42 Å². The number of carbonyl (C=O) groups is 1. The molecule has 0 heterocycles. The number of aliphatic carboxylic acids is 1. The molecular formula is C24H50MgO2. The van der Waals surface area contributed by atoms with Crippen LogP contribution in [0.5, 0.6) is 0 Å². The van der Waals surface area contributed by atoms with E-state index in [9.17, 15) is 4.79 Å². The fraction of sp³-hybridized carbons (Fsp3) is 0.958. The number of rotatable bonds is 22. The van der Waals surface area contributed by atoms with Crippen molar-refractivity contribution in [3.8, 4) is 0 Å². The Bertz CT molecular complexity index is 292. The Morgan fingerprint density at radius 1 is 0.519 bits per heavy atom. The van der Waals surface area contributed by atoms with Crippen molar-refractivity contribution in [3.63, 3.8) is 0 Å². The van der Waals surface area contributed by atoms with Crippen molar-refractivity contribution >= 4 is 29.0 Å². The first-order valence-corrected chi connectivity index (χ1v) is 12.0. The van der Waals surface area contributed by atoms with Crippen LogP contribution >= 0.6 is 0 Å². The Morgan fingerprint density at radius 3 is 0.963 bits per heavy atom. The van der Waals surface area contributed by atoms with Gasteiger partial charge in [0, 0.05) is 6.42 Å². The molecular weight excluding hydrogens is 345 g/mol. The van der Waals surface area contributed by atoms with Crippen LogP contribution in [0, 0.1) is 0 Å². The van der Waals surface area contributed by atoms with E-state index in [2.05, 4.69) is 6.92 Å². The molecule has 0 aromatic carbocycles. The van der Waals surface area contributed by atoms with Gasteiger partial charge in [-0.3, -0.25) is 4.79 Å². The summed E-state index contributed by atoms with van der Waals surface area (Å²) >= 11 is 0. The Morgan fingerprint density at radius 2 is 0.741 bits per heavy atom. The Kier molecular flexibility index (Phi) is 28.6. The minimum atomic E-state index is -0.650. The fourth-order valence-electron chi connectivity index (χ4n) is 3.71. The van der Waals surface area contributed by atoms with E-state index in [-0.39, 0.29) is 25.9 Å². The van der Waals surface area contributed by atoms with Crippen LogP contribution in [0.3, 0.4) is 0 Å². The molecule has 0 fully saturated rings. The summed E-state index contributed by atoms with van der Waals surface area (Å²) in [6.07, 6.45) is 29.1. The number of carboxylic acid groups (broad SMARTS) is 1. The second kappa shape index (κ2) is 26.2. The van der Waals surface area contributed by atoms with Gasteiger partial charge in [0.25, 0.3) is 0 Å². The quantitative estimate of drug-likeness (QED) is 0.147. The summed E-state index contributed by atoms with van der Waals surface area (Å²) < 4.78 is 0. The predicted octanol–water partition coefficient (Wildman–Crippen LogP) is 8.52. The molecule has 0 aromatic rings. The van der Waals surface area contributed by atoms with Crippen LogP contribution in [0.1, 0.15) is 151 Å². The second-order valence-corrected chi connectivity index (χ2v) is 8.21. The molecule has 0 radical (unpaired) electrons. The molecule has 27 heavy (non-hydrogen) atoms. The molecule has 0 unspecified atom stereocenters. The molecule has 1 N–H and O–H groups in total. The van der Waals surface area contributed by atoms with Crippen LogP contribution in [0.15, 0.2) is 0 Å². The maximum atomic E-state index is 10.4. The molecule has 0 saturated carbocycles. The first-order chi connectivity index (χ1) is 12.8. The van der Waals surface area contributed by atoms with Gasteiger partial charge in [0.2, 0.25) is 0 Å². The van der Waals surface area contributed by atoms with Crippen LogP contribution in [0.4, 0.5) is 0 Å². The van der Waals surface area contributed by atoms with Gasteiger partial charge < -0.3 is 7.96 Å². The van der Waals surface area contributed by atoms with Gasteiger partial charge >= 0.3 is 29.0 Å². The van der Waals surface area contributed by atoms with Crippen molar-refractivity contribution in [2.75, 3.05) is 0 Å². The summed E-state index contributed by atoms with van der Waals surface area (Å²) in [7, 11) is 0. The van der Waals surface area contributed by atoms with Crippen molar-refractivity contribution in [2.45, 2.75) is 148 Å². The molecule has 0 saturated heterocycles. The van der Waals surface area contributed by atoms with Crippen molar-refractivity contribution in [3.05, 3.63) is 0 Å². The zero-order chi connectivity index (χ0) is 19.1. The van der Waals surface area contributed by atoms with E-state index in [1.165, 1.54) is 122 Å². The first kappa shape index (κ1) is 29.4. The van der Waals surface area contributed by atoms with Crippen LogP contribution in [0.25, 0.3) is 0 Å². The van der Waals surface area contributed by atoms with E-state index < -0.39 is 5.97 Å². The van der Waals surface area contributed by atoms with Gasteiger partial charge in [0.05, 0.1) is 0 Å². The summed E-state index contributed by atoms with van der Waals surface area (Å²) in [6, 6.07) is 0. The average Bonchev–Trinajstić information content (AvgIpc) is 2.62. The van der Waals surface area contributed by atoms with Crippen LogP contribution in [-0.4, -0.2) is 34.1 Å². The smallest absolute Gasteiger partial charge is 1.00 e. The van der Waals surface area contributed by atoms with Gasteiger partial charge in [-0.25, -0.2) is 0 Å². The maximum Gasteiger partial charge on any atom is 2.00 e. The molecule has 0 bridgehead atoms. The molecule has 0 aliphatic carbocycles. The molecule has 3 heteroatoms. The molecule has 0 aliphatic rings. The minimum Gasteiger partial charge on any atom is -1.00 e. The fourth-order valence-corrected chi connectivity index (χ4v) is 3.71. The van der Waals surface area contributed by atoms with Crippen molar-refractivity contribution in [1.29, 1.82) is 0 Å². The SMILES string of the molecule is CCCCCCCCCCCCCCCCCCCCCCCC(=O)O.[H-].[H-].[Mg+2]. The summed E-state index contributed by atoms with van der Waals surface area (Å²) in [5.41, 5.74) is 0. The summed E-state index contributed by atoms with van der Waals surface area (Å²) in [4.78, 5) is 10.4. The van der Waals surface area contributed by atoms with Gasteiger partial charge in [-0.2, -0.15) is 0 Å². The van der Waals surface area contributed by atoms with Crippen molar-refractivity contribution < 1.29 is 12.8 Å². The second-order valence-electron chi connectivity index (χ2n) is 8.21. The Balaban J connectivity index is -0.00000104. The first-order valence-electron chi connectivity index (χ1n) is 12.0. The van der Waals surface area contributed by atoms with Crippen molar-refractivity contribution in [1.82, 2.24) is 0 Å².